The van der Waals surface area contributed by atoms with E-state index in [1.807, 2.05) is 0 Å². The average Bonchev–Trinajstić information content (AvgIpc) is 2.50. The molecule has 0 fully saturated rings. The molecular formula is C15H24ClN2O3-. The molecule has 0 radical (unpaired) electrons. The van der Waals surface area contributed by atoms with E-state index in [0.29, 0.717) is 12.3 Å². The summed E-state index contributed by atoms with van der Waals surface area (Å²) in [5, 5.41) is 2.84. The average molecular weight is 316 g/mol. The third-order valence-electron chi connectivity index (χ3n) is 3.07. The number of amides is 1. The Labute approximate surface area is 133 Å². The monoisotopic (exact) mass is 315 g/mol. The highest BCUT2D eigenvalue weighted by molar-refractivity contribution is 5.77. The molecule has 6 heteroatoms. The SMILES string of the molecule is CCN(CC)CCNC(=O)COc1ccc(OC)cc1.[Cl-]. The van der Waals surface area contributed by atoms with Gasteiger partial charge in [-0.2, -0.15) is 0 Å². The van der Waals surface area contributed by atoms with E-state index in [9.17, 15) is 4.79 Å². The van der Waals surface area contributed by atoms with Gasteiger partial charge in [-0.3, -0.25) is 4.79 Å². The molecule has 0 atom stereocenters. The molecule has 120 valence electrons. The maximum atomic E-state index is 11.6. The smallest absolute Gasteiger partial charge is 0.257 e. The fourth-order valence-electron chi connectivity index (χ4n) is 1.77. The van der Waals surface area contributed by atoms with E-state index in [1.165, 1.54) is 0 Å². The van der Waals surface area contributed by atoms with Crippen LogP contribution in [-0.2, 0) is 4.79 Å². The van der Waals surface area contributed by atoms with Crippen LogP contribution in [0.3, 0.4) is 0 Å². The van der Waals surface area contributed by atoms with Gasteiger partial charge in [-0.25, -0.2) is 0 Å². The molecule has 1 aromatic rings. The van der Waals surface area contributed by atoms with Gasteiger partial charge in [-0.1, -0.05) is 13.8 Å². The van der Waals surface area contributed by atoms with Crippen molar-refractivity contribution in [3.8, 4) is 11.5 Å². The van der Waals surface area contributed by atoms with Crippen molar-refractivity contribution in [1.29, 1.82) is 0 Å². The molecule has 0 spiro atoms. The fourth-order valence-corrected chi connectivity index (χ4v) is 1.77. The maximum absolute atomic E-state index is 11.6. The Kier molecular flexibility index (Phi) is 10.4. The van der Waals surface area contributed by atoms with Gasteiger partial charge >= 0.3 is 0 Å². The zero-order chi connectivity index (χ0) is 14.8. The van der Waals surface area contributed by atoms with Crippen molar-refractivity contribution in [1.82, 2.24) is 10.2 Å². The summed E-state index contributed by atoms with van der Waals surface area (Å²) in [6.45, 7) is 7.75. The van der Waals surface area contributed by atoms with Crippen LogP contribution >= 0.6 is 0 Å². The highest BCUT2D eigenvalue weighted by Crippen LogP contribution is 2.16. The van der Waals surface area contributed by atoms with Gasteiger partial charge in [0, 0.05) is 13.1 Å². The predicted octanol–water partition coefficient (Wildman–Crippen LogP) is -1.46. The second kappa shape index (κ2) is 11.2. The summed E-state index contributed by atoms with van der Waals surface area (Å²) in [4.78, 5) is 13.9. The molecule has 1 N–H and O–H groups in total. The quantitative estimate of drug-likeness (QED) is 0.605. The molecule has 0 aliphatic heterocycles. The zero-order valence-electron chi connectivity index (χ0n) is 12.9. The lowest BCUT2D eigenvalue weighted by Gasteiger charge is -2.17. The van der Waals surface area contributed by atoms with Gasteiger partial charge in [0.1, 0.15) is 11.5 Å². The van der Waals surface area contributed by atoms with Crippen LogP contribution < -0.4 is 27.2 Å². The summed E-state index contributed by atoms with van der Waals surface area (Å²) in [5.41, 5.74) is 0. The first-order valence-electron chi connectivity index (χ1n) is 6.95. The minimum absolute atomic E-state index is 0. The lowest BCUT2D eigenvalue weighted by molar-refractivity contribution is -0.123. The number of halogens is 1. The Hall–Kier alpha value is -1.46. The Morgan fingerprint density at radius 2 is 1.71 bits per heavy atom. The third-order valence-corrected chi connectivity index (χ3v) is 3.07. The number of methoxy groups -OCH3 is 1. The molecular weight excluding hydrogens is 292 g/mol. The predicted molar refractivity (Wildman–Crippen MR) is 79.3 cm³/mol. The van der Waals surface area contributed by atoms with Gasteiger partial charge in [0.05, 0.1) is 7.11 Å². The lowest BCUT2D eigenvalue weighted by Crippen LogP contribution is -3.00. The summed E-state index contributed by atoms with van der Waals surface area (Å²) in [6.07, 6.45) is 0. The summed E-state index contributed by atoms with van der Waals surface area (Å²) < 4.78 is 10.4. The normalized spacial score (nSPS) is 9.90. The first-order valence-corrected chi connectivity index (χ1v) is 6.95. The van der Waals surface area contributed by atoms with Crippen molar-refractivity contribution in [2.75, 3.05) is 39.9 Å². The van der Waals surface area contributed by atoms with E-state index < -0.39 is 0 Å². The largest absolute Gasteiger partial charge is 1.00 e. The van der Waals surface area contributed by atoms with E-state index in [1.54, 1.807) is 31.4 Å². The molecule has 1 amide bonds. The van der Waals surface area contributed by atoms with E-state index in [4.69, 9.17) is 9.47 Å². The molecule has 0 heterocycles. The summed E-state index contributed by atoms with van der Waals surface area (Å²) >= 11 is 0. The molecule has 0 saturated carbocycles. The Balaban J connectivity index is 0.00000400. The molecule has 5 nitrogen and oxygen atoms in total. The molecule has 0 aliphatic carbocycles. The zero-order valence-corrected chi connectivity index (χ0v) is 13.7. The summed E-state index contributed by atoms with van der Waals surface area (Å²) in [5.74, 6) is 1.32. The lowest BCUT2D eigenvalue weighted by atomic mass is 10.3. The number of nitrogens with one attached hydrogen (secondary N) is 1. The standard InChI is InChI=1S/C15H24N2O3.ClH/c1-4-17(5-2)11-10-16-15(18)12-20-14-8-6-13(19-3)7-9-14;/h6-9H,4-5,10-12H2,1-3H3,(H,16,18);1H/p-1. The molecule has 0 saturated heterocycles. The van der Waals surface area contributed by atoms with Crippen molar-refractivity contribution in [3.05, 3.63) is 24.3 Å². The summed E-state index contributed by atoms with van der Waals surface area (Å²) in [7, 11) is 1.61. The van der Waals surface area contributed by atoms with Gasteiger partial charge < -0.3 is 32.1 Å². The highest BCUT2D eigenvalue weighted by Gasteiger charge is 2.04. The number of rotatable bonds is 9. The van der Waals surface area contributed by atoms with Crippen LogP contribution in [0.2, 0.25) is 0 Å². The van der Waals surface area contributed by atoms with Crippen LogP contribution in [0, 0.1) is 0 Å². The van der Waals surface area contributed by atoms with Gasteiger partial charge in [0.25, 0.3) is 5.91 Å². The topological polar surface area (TPSA) is 50.8 Å². The molecule has 0 unspecified atom stereocenters. The number of likely N-dealkylation sites (N-methyl/N-ethyl adjacent to an activating group) is 1. The Morgan fingerprint density at radius 1 is 1.14 bits per heavy atom. The number of carbonyl (C=O) groups is 1. The van der Waals surface area contributed by atoms with Crippen LogP contribution in [0.1, 0.15) is 13.8 Å². The van der Waals surface area contributed by atoms with E-state index in [2.05, 4.69) is 24.1 Å². The van der Waals surface area contributed by atoms with Gasteiger partial charge in [-0.05, 0) is 37.4 Å². The number of ether oxygens (including phenoxy) is 2. The molecule has 0 aliphatic rings. The van der Waals surface area contributed by atoms with E-state index >= 15 is 0 Å². The van der Waals surface area contributed by atoms with Crippen molar-refractivity contribution >= 4 is 5.91 Å². The second-order valence-corrected chi connectivity index (χ2v) is 4.34. The number of hydrogen-bond donors (Lipinski definition) is 1. The molecule has 0 bridgehead atoms. The van der Waals surface area contributed by atoms with Crippen LogP contribution in [-0.4, -0.2) is 50.7 Å². The molecule has 21 heavy (non-hydrogen) atoms. The van der Waals surface area contributed by atoms with Crippen molar-refractivity contribution in [3.63, 3.8) is 0 Å². The van der Waals surface area contributed by atoms with Crippen molar-refractivity contribution < 1.29 is 26.7 Å². The Bertz CT molecular complexity index is 394. The minimum Gasteiger partial charge on any atom is -1.00 e. The van der Waals surface area contributed by atoms with Gasteiger partial charge in [-0.15, -0.1) is 0 Å². The minimum atomic E-state index is -0.104. The van der Waals surface area contributed by atoms with E-state index in [0.717, 1.165) is 25.4 Å². The maximum Gasteiger partial charge on any atom is 0.257 e. The number of benzene rings is 1. The number of hydrogen-bond acceptors (Lipinski definition) is 4. The third kappa shape index (κ3) is 7.78. The molecule has 0 aromatic heterocycles. The van der Waals surface area contributed by atoms with Gasteiger partial charge in [0.15, 0.2) is 6.61 Å². The second-order valence-electron chi connectivity index (χ2n) is 4.34. The molecule has 1 aromatic carbocycles. The van der Waals surface area contributed by atoms with Gasteiger partial charge in [0.2, 0.25) is 0 Å². The van der Waals surface area contributed by atoms with Crippen molar-refractivity contribution in [2.24, 2.45) is 0 Å². The molecule has 1 rings (SSSR count). The Morgan fingerprint density at radius 3 is 2.24 bits per heavy atom. The highest BCUT2D eigenvalue weighted by atomic mass is 35.5. The number of carbonyl (C=O) groups excluding carboxylic acids is 1. The first kappa shape index (κ1) is 19.5. The van der Waals surface area contributed by atoms with Crippen LogP contribution in [0.15, 0.2) is 24.3 Å². The van der Waals surface area contributed by atoms with Crippen molar-refractivity contribution in [2.45, 2.75) is 13.8 Å². The fraction of sp³-hybridized carbons (Fsp3) is 0.533. The summed E-state index contributed by atoms with van der Waals surface area (Å²) in [6, 6.07) is 7.16. The van der Waals surface area contributed by atoms with E-state index in [-0.39, 0.29) is 24.9 Å². The number of nitrogens with zero attached hydrogens (tertiary/aromatic N) is 1. The first-order chi connectivity index (χ1) is 9.69. The van der Waals surface area contributed by atoms with Crippen LogP contribution in [0.5, 0.6) is 11.5 Å². The van der Waals surface area contributed by atoms with Crippen LogP contribution in [0.25, 0.3) is 0 Å². The van der Waals surface area contributed by atoms with Crippen LogP contribution in [0.4, 0.5) is 0 Å².